The number of rotatable bonds is 10. The minimum Gasteiger partial charge on any atom is -0.492 e. The van der Waals surface area contributed by atoms with Crippen molar-refractivity contribution in [1.82, 2.24) is 14.8 Å². The zero-order valence-electron chi connectivity index (χ0n) is 20.3. The molecule has 2 aromatic carbocycles. The second-order valence-electron chi connectivity index (χ2n) is 9.45. The Morgan fingerprint density at radius 2 is 1.68 bits per heavy atom. The maximum absolute atomic E-state index is 6.20. The van der Waals surface area contributed by atoms with E-state index in [1.807, 2.05) is 54.7 Å². The highest BCUT2D eigenvalue weighted by Gasteiger charge is 2.29. The predicted molar refractivity (Wildman–Crippen MR) is 140 cm³/mol. The molecule has 3 aromatic rings. The second kappa shape index (κ2) is 12.3. The van der Waals surface area contributed by atoms with Crippen LogP contribution < -0.4 is 4.74 Å². The minimum absolute atomic E-state index is 0.121. The van der Waals surface area contributed by atoms with Gasteiger partial charge in [-0.2, -0.15) is 0 Å². The van der Waals surface area contributed by atoms with Crippen molar-refractivity contribution in [3.05, 3.63) is 95.3 Å². The summed E-state index contributed by atoms with van der Waals surface area (Å²) in [7, 11) is 0. The van der Waals surface area contributed by atoms with Gasteiger partial charge in [-0.05, 0) is 87.7 Å². The van der Waals surface area contributed by atoms with Gasteiger partial charge in [-0.25, -0.2) is 0 Å². The van der Waals surface area contributed by atoms with E-state index in [2.05, 4.69) is 47.9 Å². The van der Waals surface area contributed by atoms with Crippen LogP contribution in [0.4, 0.5) is 0 Å². The monoisotopic (exact) mass is 477 g/mol. The number of ether oxygens (including phenoxy) is 1. The number of para-hydroxylation sites is 1. The highest BCUT2D eigenvalue weighted by molar-refractivity contribution is 6.30. The van der Waals surface area contributed by atoms with Gasteiger partial charge in [0.2, 0.25) is 0 Å². The quantitative estimate of drug-likeness (QED) is 0.341. The van der Waals surface area contributed by atoms with Gasteiger partial charge in [-0.3, -0.25) is 14.8 Å². The van der Waals surface area contributed by atoms with E-state index in [1.165, 1.54) is 18.4 Å². The van der Waals surface area contributed by atoms with E-state index in [0.717, 1.165) is 49.3 Å². The molecule has 0 bridgehead atoms. The van der Waals surface area contributed by atoms with Crippen LogP contribution >= 0.6 is 11.6 Å². The number of nitrogens with zero attached hydrogens (tertiary/aromatic N) is 3. The van der Waals surface area contributed by atoms with Crippen molar-refractivity contribution in [2.24, 2.45) is 5.92 Å². The van der Waals surface area contributed by atoms with Gasteiger partial charge in [-0.15, -0.1) is 0 Å². The van der Waals surface area contributed by atoms with Crippen LogP contribution in [0.2, 0.25) is 5.02 Å². The van der Waals surface area contributed by atoms with E-state index in [9.17, 15) is 0 Å². The molecule has 1 aromatic heterocycles. The van der Waals surface area contributed by atoms with Crippen molar-refractivity contribution in [3.8, 4) is 5.75 Å². The van der Waals surface area contributed by atoms with Gasteiger partial charge < -0.3 is 4.74 Å². The number of hydrogen-bond donors (Lipinski definition) is 0. The minimum atomic E-state index is 0.121. The molecule has 4 rings (SSSR count). The van der Waals surface area contributed by atoms with Gasteiger partial charge in [0.25, 0.3) is 0 Å². The first kappa shape index (κ1) is 24.7. The summed E-state index contributed by atoms with van der Waals surface area (Å²) in [4.78, 5) is 9.90. The van der Waals surface area contributed by atoms with Crippen LogP contribution in [0.5, 0.6) is 5.75 Å². The summed E-state index contributed by atoms with van der Waals surface area (Å²) in [6, 6.07) is 25.1. The van der Waals surface area contributed by atoms with Crippen LogP contribution in [0.3, 0.4) is 0 Å². The zero-order chi connectivity index (χ0) is 23.8. The molecule has 0 radical (unpaired) electrons. The average molecular weight is 478 g/mol. The Bertz CT molecular complexity index is 973. The lowest BCUT2D eigenvalue weighted by atomic mass is 9.93. The van der Waals surface area contributed by atoms with Crippen molar-refractivity contribution < 1.29 is 4.74 Å². The lowest BCUT2D eigenvalue weighted by Crippen LogP contribution is -2.43. The Morgan fingerprint density at radius 1 is 0.971 bits per heavy atom. The molecule has 4 nitrogen and oxygen atoms in total. The van der Waals surface area contributed by atoms with Crippen molar-refractivity contribution in [2.75, 3.05) is 32.8 Å². The fourth-order valence-corrected chi connectivity index (χ4v) is 4.96. The van der Waals surface area contributed by atoms with E-state index >= 15 is 0 Å². The molecular weight excluding hydrogens is 442 g/mol. The molecule has 34 heavy (non-hydrogen) atoms. The van der Waals surface area contributed by atoms with Gasteiger partial charge in [0.05, 0.1) is 11.7 Å². The molecule has 1 fully saturated rings. The molecule has 2 heterocycles. The third kappa shape index (κ3) is 6.82. The van der Waals surface area contributed by atoms with Crippen molar-refractivity contribution in [3.63, 3.8) is 0 Å². The van der Waals surface area contributed by atoms with Crippen LogP contribution in [-0.2, 0) is 0 Å². The summed E-state index contributed by atoms with van der Waals surface area (Å²) in [5.74, 6) is 1.62. The van der Waals surface area contributed by atoms with Gasteiger partial charge in [0.1, 0.15) is 12.4 Å². The molecule has 0 N–H and O–H groups in total. The van der Waals surface area contributed by atoms with E-state index in [0.29, 0.717) is 12.0 Å². The predicted octanol–water partition coefficient (Wildman–Crippen LogP) is 6.33. The zero-order valence-corrected chi connectivity index (χ0v) is 21.1. The second-order valence-corrected chi connectivity index (χ2v) is 9.88. The first-order valence-electron chi connectivity index (χ1n) is 12.4. The maximum atomic E-state index is 6.20. The third-order valence-electron chi connectivity index (χ3n) is 6.74. The summed E-state index contributed by atoms with van der Waals surface area (Å²) < 4.78 is 5.90. The van der Waals surface area contributed by atoms with E-state index in [1.54, 1.807) is 0 Å². The number of hydrogen-bond acceptors (Lipinski definition) is 4. The standard InChI is InChI=1S/C29H36ClN3O/c1-23(2)33(29(28-10-6-7-17-31-28)25-11-13-26(30)14-12-25)22-24-15-18-32(19-16-24)20-21-34-27-8-4-3-5-9-27/h3-14,17,23-24,29H,15-16,18-22H2,1-2H3/t29-/m0/s1. The first-order valence-corrected chi connectivity index (χ1v) is 12.8. The van der Waals surface area contributed by atoms with Crippen LogP contribution in [0.1, 0.15) is 44.0 Å². The summed E-state index contributed by atoms with van der Waals surface area (Å²) in [5, 5.41) is 0.767. The smallest absolute Gasteiger partial charge is 0.119 e. The SMILES string of the molecule is CC(C)N(CC1CCN(CCOc2ccccc2)CC1)[C@@H](c1ccc(Cl)cc1)c1ccccn1. The summed E-state index contributed by atoms with van der Waals surface area (Å²) >= 11 is 6.20. The van der Waals surface area contributed by atoms with Crippen LogP contribution in [0, 0.1) is 5.92 Å². The van der Waals surface area contributed by atoms with Gasteiger partial charge >= 0.3 is 0 Å². The normalized spacial score (nSPS) is 16.1. The number of pyridine rings is 1. The van der Waals surface area contributed by atoms with E-state index < -0.39 is 0 Å². The van der Waals surface area contributed by atoms with Crippen LogP contribution in [-0.4, -0.2) is 53.6 Å². The fraction of sp³-hybridized carbons (Fsp3) is 0.414. The number of benzene rings is 2. The largest absolute Gasteiger partial charge is 0.492 e. The summed E-state index contributed by atoms with van der Waals surface area (Å²) in [5.41, 5.74) is 2.33. The molecule has 1 atom stereocenters. The van der Waals surface area contributed by atoms with Crippen LogP contribution in [0.25, 0.3) is 0 Å². The lowest BCUT2D eigenvalue weighted by molar-refractivity contribution is 0.0983. The Kier molecular flexibility index (Phi) is 8.97. The summed E-state index contributed by atoms with van der Waals surface area (Å²) in [6.45, 7) is 9.63. The lowest BCUT2D eigenvalue weighted by Gasteiger charge is -2.40. The molecule has 0 saturated carbocycles. The average Bonchev–Trinajstić information content (AvgIpc) is 2.87. The van der Waals surface area contributed by atoms with Crippen molar-refractivity contribution in [1.29, 1.82) is 0 Å². The number of aromatic nitrogens is 1. The first-order chi connectivity index (χ1) is 16.6. The topological polar surface area (TPSA) is 28.6 Å². The Hall–Kier alpha value is -2.40. The molecule has 1 aliphatic rings. The number of likely N-dealkylation sites (tertiary alicyclic amines) is 1. The highest BCUT2D eigenvalue weighted by atomic mass is 35.5. The molecule has 0 aliphatic carbocycles. The molecule has 0 spiro atoms. The van der Waals surface area contributed by atoms with Crippen molar-refractivity contribution >= 4 is 11.6 Å². The van der Waals surface area contributed by atoms with Crippen LogP contribution in [0.15, 0.2) is 79.0 Å². The molecule has 5 heteroatoms. The molecule has 1 aliphatic heterocycles. The summed E-state index contributed by atoms with van der Waals surface area (Å²) in [6.07, 6.45) is 4.32. The number of halogens is 1. The molecule has 180 valence electrons. The fourth-order valence-electron chi connectivity index (χ4n) is 4.83. The Morgan fingerprint density at radius 3 is 2.32 bits per heavy atom. The molecule has 0 amide bonds. The molecule has 1 saturated heterocycles. The van der Waals surface area contributed by atoms with E-state index in [-0.39, 0.29) is 6.04 Å². The highest BCUT2D eigenvalue weighted by Crippen LogP contribution is 2.32. The molecular formula is C29H36ClN3O. The van der Waals surface area contributed by atoms with Gasteiger partial charge in [0.15, 0.2) is 0 Å². The number of piperidine rings is 1. The Labute approximate surface area is 209 Å². The van der Waals surface area contributed by atoms with Gasteiger partial charge in [-0.1, -0.05) is 48.0 Å². The van der Waals surface area contributed by atoms with E-state index in [4.69, 9.17) is 21.3 Å². The third-order valence-corrected chi connectivity index (χ3v) is 7.00. The molecule has 0 unspecified atom stereocenters. The van der Waals surface area contributed by atoms with Gasteiger partial charge in [0, 0.05) is 30.4 Å². The Balaban J connectivity index is 1.37. The van der Waals surface area contributed by atoms with Crippen molar-refractivity contribution in [2.45, 2.75) is 38.8 Å². The maximum Gasteiger partial charge on any atom is 0.119 e.